The molecule has 3 aromatic rings. The molecule has 0 fully saturated rings. The second-order valence-electron chi connectivity index (χ2n) is 7.24. The Kier molecular flexibility index (Phi) is 4.75. The van der Waals surface area contributed by atoms with Crippen molar-refractivity contribution in [2.75, 3.05) is 13.7 Å². The Morgan fingerprint density at radius 3 is 2.70 bits per heavy atom. The second kappa shape index (κ2) is 7.71. The highest BCUT2D eigenvalue weighted by Crippen LogP contribution is 2.50. The molecule has 0 radical (unpaired) electrons. The fourth-order valence-electron chi connectivity index (χ4n) is 4.05. The van der Waals surface area contributed by atoms with Crippen LogP contribution >= 0.6 is 0 Å². The van der Waals surface area contributed by atoms with Crippen LogP contribution in [0.3, 0.4) is 0 Å². The number of aromatic nitrogens is 1. The Morgan fingerprint density at radius 2 is 1.97 bits per heavy atom. The number of para-hydroxylation sites is 1. The molecule has 1 aromatic heterocycles. The van der Waals surface area contributed by atoms with Gasteiger partial charge in [-0.3, -0.25) is 4.98 Å². The lowest BCUT2D eigenvalue weighted by Gasteiger charge is -2.38. The van der Waals surface area contributed by atoms with Gasteiger partial charge in [0.15, 0.2) is 11.5 Å². The maximum atomic E-state index is 6.47. The molecule has 0 bridgehead atoms. The number of hydrogen-bond acceptors (Lipinski definition) is 6. The third-order valence-electron chi connectivity index (χ3n) is 5.47. The molecule has 152 valence electrons. The van der Waals surface area contributed by atoms with Gasteiger partial charge in [-0.15, -0.1) is 0 Å². The molecule has 2 unspecified atom stereocenters. The van der Waals surface area contributed by atoms with E-state index >= 15 is 0 Å². The zero-order valence-corrected chi connectivity index (χ0v) is 17.0. The smallest absolute Gasteiger partial charge is 0.215 e. The quantitative estimate of drug-likeness (QED) is 0.619. The summed E-state index contributed by atoms with van der Waals surface area (Å²) in [6.45, 7) is 2.56. The minimum Gasteiger partial charge on any atom is -0.497 e. The first kappa shape index (κ1) is 18.5. The number of benzene rings is 2. The van der Waals surface area contributed by atoms with Crippen LogP contribution in [0.25, 0.3) is 0 Å². The van der Waals surface area contributed by atoms with Gasteiger partial charge in [-0.05, 0) is 48.9 Å². The molecule has 2 aromatic carbocycles. The summed E-state index contributed by atoms with van der Waals surface area (Å²) in [7, 11) is 1.67. The van der Waals surface area contributed by atoms with Crippen molar-refractivity contribution in [3.8, 4) is 17.2 Å². The molecule has 2 aliphatic heterocycles. The topological polar surface area (TPSA) is 56.2 Å². The van der Waals surface area contributed by atoms with Crippen LogP contribution in [0.2, 0.25) is 0 Å². The van der Waals surface area contributed by atoms with Gasteiger partial charge in [0.2, 0.25) is 6.23 Å². The molecule has 0 N–H and O–H groups in total. The highest BCUT2D eigenvalue weighted by atomic mass is 16.5. The Morgan fingerprint density at radius 1 is 1.10 bits per heavy atom. The van der Waals surface area contributed by atoms with Crippen LogP contribution in [-0.2, 0) is 0 Å². The average Bonchev–Trinajstić information content (AvgIpc) is 3.25. The van der Waals surface area contributed by atoms with Crippen molar-refractivity contribution in [3.05, 3.63) is 83.7 Å². The minimum absolute atomic E-state index is 0.0662. The van der Waals surface area contributed by atoms with Gasteiger partial charge in [0, 0.05) is 29.9 Å². The van der Waals surface area contributed by atoms with Crippen molar-refractivity contribution < 1.29 is 14.2 Å². The van der Waals surface area contributed by atoms with E-state index in [0.29, 0.717) is 6.61 Å². The summed E-state index contributed by atoms with van der Waals surface area (Å²) < 4.78 is 17.6. The molecular weight excluding hydrogens is 378 g/mol. The first-order valence-corrected chi connectivity index (χ1v) is 10.1. The maximum absolute atomic E-state index is 6.47. The molecule has 0 saturated heterocycles. The highest BCUT2D eigenvalue weighted by Gasteiger charge is 2.42. The summed E-state index contributed by atoms with van der Waals surface area (Å²) in [5.41, 5.74) is 4.15. The normalized spacial score (nSPS) is 19.4. The lowest BCUT2D eigenvalue weighted by Crippen LogP contribution is -2.34. The Hall–Kier alpha value is -3.54. The molecule has 6 nitrogen and oxygen atoms in total. The van der Waals surface area contributed by atoms with E-state index in [1.165, 1.54) is 0 Å². The van der Waals surface area contributed by atoms with Crippen LogP contribution < -0.4 is 14.2 Å². The van der Waals surface area contributed by atoms with Crippen molar-refractivity contribution in [1.82, 2.24) is 9.99 Å². The Balaban J connectivity index is 1.58. The van der Waals surface area contributed by atoms with Crippen molar-refractivity contribution in [2.45, 2.75) is 25.6 Å². The summed E-state index contributed by atoms with van der Waals surface area (Å²) in [6.07, 6.45) is 4.01. The number of rotatable bonds is 5. The predicted octanol–water partition coefficient (Wildman–Crippen LogP) is 4.73. The van der Waals surface area contributed by atoms with Crippen LogP contribution in [0.4, 0.5) is 0 Å². The Labute approximate surface area is 175 Å². The number of fused-ring (bicyclic) bond motifs is 3. The fraction of sp³-hybridized carbons (Fsp3) is 0.250. The van der Waals surface area contributed by atoms with E-state index in [9.17, 15) is 0 Å². The van der Waals surface area contributed by atoms with E-state index in [4.69, 9.17) is 19.3 Å². The number of nitrogens with zero attached hydrogens (tertiary/aromatic N) is 3. The minimum atomic E-state index is -0.367. The van der Waals surface area contributed by atoms with Gasteiger partial charge >= 0.3 is 0 Å². The van der Waals surface area contributed by atoms with Gasteiger partial charge in [-0.25, -0.2) is 5.01 Å². The van der Waals surface area contributed by atoms with Crippen LogP contribution in [0, 0.1) is 0 Å². The molecule has 0 aliphatic carbocycles. The first-order chi connectivity index (χ1) is 14.8. The number of hydrogen-bond donors (Lipinski definition) is 0. The van der Waals surface area contributed by atoms with E-state index in [2.05, 4.69) is 16.1 Å². The van der Waals surface area contributed by atoms with Gasteiger partial charge in [0.05, 0.1) is 25.5 Å². The van der Waals surface area contributed by atoms with Crippen molar-refractivity contribution in [3.63, 3.8) is 0 Å². The fourth-order valence-corrected chi connectivity index (χ4v) is 4.05. The van der Waals surface area contributed by atoms with E-state index in [0.717, 1.165) is 46.1 Å². The van der Waals surface area contributed by atoms with Gasteiger partial charge in [0.25, 0.3) is 0 Å². The van der Waals surface area contributed by atoms with Crippen molar-refractivity contribution in [1.29, 1.82) is 0 Å². The van der Waals surface area contributed by atoms with Gasteiger partial charge in [-0.1, -0.05) is 18.2 Å². The van der Waals surface area contributed by atoms with E-state index in [-0.39, 0.29) is 12.3 Å². The molecule has 5 rings (SSSR count). The SMILES string of the molecule is CCOc1cccc2c1OC(c1cccnc1)N1N=C(c3ccc(OC)cc3)CC21. The predicted molar refractivity (Wildman–Crippen MR) is 114 cm³/mol. The van der Waals surface area contributed by atoms with Gasteiger partial charge in [-0.2, -0.15) is 5.10 Å². The summed E-state index contributed by atoms with van der Waals surface area (Å²) >= 11 is 0. The lowest BCUT2D eigenvalue weighted by molar-refractivity contribution is -0.0214. The molecular formula is C24H23N3O3. The summed E-state index contributed by atoms with van der Waals surface area (Å²) in [5.74, 6) is 2.39. The summed E-state index contributed by atoms with van der Waals surface area (Å²) in [4.78, 5) is 4.28. The van der Waals surface area contributed by atoms with Crippen LogP contribution in [0.1, 0.15) is 42.3 Å². The molecule has 0 amide bonds. The van der Waals surface area contributed by atoms with Crippen molar-refractivity contribution >= 4 is 5.71 Å². The lowest BCUT2D eigenvalue weighted by atomic mass is 9.95. The van der Waals surface area contributed by atoms with Crippen LogP contribution in [0.15, 0.2) is 72.1 Å². The van der Waals surface area contributed by atoms with Crippen molar-refractivity contribution in [2.24, 2.45) is 5.10 Å². The maximum Gasteiger partial charge on any atom is 0.215 e. The van der Waals surface area contributed by atoms with Crippen LogP contribution in [-0.4, -0.2) is 29.4 Å². The molecule has 0 saturated carbocycles. The Bertz CT molecular complexity index is 1070. The zero-order chi connectivity index (χ0) is 20.5. The molecule has 0 spiro atoms. The second-order valence-corrected chi connectivity index (χ2v) is 7.24. The summed E-state index contributed by atoms with van der Waals surface area (Å²) in [6, 6.07) is 18.1. The first-order valence-electron chi connectivity index (χ1n) is 10.1. The monoisotopic (exact) mass is 401 g/mol. The number of hydrazone groups is 1. The number of ether oxygens (including phenoxy) is 3. The highest BCUT2D eigenvalue weighted by molar-refractivity contribution is 6.02. The number of pyridine rings is 1. The average molecular weight is 401 g/mol. The van der Waals surface area contributed by atoms with Crippen LogP contribution in [0.5, 0.6) is 17.2 Å². The third-order valence-corrected chi connectivity index (χ3v) is 5.47. The molecule has 6 heteroatoms. The van der Waals surface area contributed by atoms with E-state index < -0.39 is 0 Å². The molecule has 30 heavy (non-hydrogen) atoms. The zero-order valence-electron chi connectivity index (χ0n) is 17.0. The molecule has 2 atom stereocenters. The number of methoxy groups -OCH3 is 1. The molecule has 3 heterocycles. The molecule has 2 aliphatic rings. The summed E-state index contributed by atoms with van der Waals surface area (Å²) in [5, 5.41) is 7.03. The third kappa shape index (κ3) is 3.14. The van der Waals surface area contributed by atoms with Gasteiger partial charge < -0.3 is 14.2 Å². The largest absolute Gasteiger partial charge is 0.497 e. The van der Waals surface area contributed by atoms with Gasteiger partial charge in [0.1, 0.15) is 5.75 Å². The van der Waals surface area contributed by atoms with E-state index in [1.54, 1.807) is 13.3 Å². The van der Waals surface area contributed by atoms with E-state index in [1.807, 2.05) is 61.7 Å². The standard InChI is InChI=1S/C24H23N3O3/c1-3-29-22-8-4-7-19-21-14-20(16-9-11-18(28-2)12-10-16)26-27(21)24(30-23(19)22)17-6-5-13-25-15-17/h4-13,15,21,24H,3,14H2,1-2H3.